The highest BCUT2D eigenvalue weighted by Gasteiger charge is 2.16. The van der Waals surface area contributed by atoms with E-state index in [9.17, 15) is 4.79 Å². The molecule has 0 fully saturated rings. The molecule has 0 aromatic heterocycles. The lowest BCUT2D eigenvalue weighted by Crippen LogP contribution is -2.15. The van der Waals surface area contributed by atoms with Gasteiger partial charge in [0.05, 0.1) is 0 Å². The van der Waals surface area contributed by atoms with Crippen LogP contribution in [0.4, 0.5) is 0 Å². The summed E-state index contributed by atoms with van der Waals surface area (Å²) in [6, 6.07) is 0. The minimum absolute atomic E-state index is 0.0694. The maximum absolute atomic E-state index is 9.99. The first kappa shape index (κ1) is 9.34. The Kier molecular flexibility index (Phi) is 4.36. The Morgan fingerprint density at radius 2 is 1.89 bits per heavy atom. The van der Waals surface area contributed by atoms with Crippen LogP contribution in [0.25, 0.3) is 0 Å². The number of carbonyl (C=O) groups is 1. The molecule has 0 aliphatic carbocycles. The van der Waals surface area contributed by atoms with Crippen LogP contribution in [0.5, 0.6) is 0 Å². The Morgan fingerprint density at radius 3 is 2.00 bits per heavy atom. The van der Waals surface area contributed by atoms with E-state index < -0.39 is 16.2 Å². The molecule has 0 aliphatic rings. The summed E-state index contributed by atoms with van der Waals surface area (Å²) in [6.45, 7) is 0. The number of hydrogen-bond acceptors (Lipinski definition) is 1. The lowest BCUT2D eigenvalue weighted by molar-refractivity contribution is -0.136. The van der Waals surface area contributed by atoms with Crippen LogP contribution < -0.4 is 0 Å². The summed E-state index contributed by atoms with van der Waals surface area (Å²) in [4.78, 5) is 9.28. The third-order valence-electron chi connectivity index (χ3n) is 0.653. The van der Waals surface area contributed by atoms with E-state index in [4.69, 9.17) is 39.9 Å². The summed E-state index contributed by atoms with van der Waals surface area (Å²) < 4.78 is 0. The summed E-state index contributed by atoms with van der Waals surface area (Å²) in [7, 11) is 0. The van der Waals surface area contributed by atoms with E-state index in [1.54, 1.807) is 0 Å². The van der Waals surface area contributed by atoms with Crippen molar-refractivity contribution in [3.8, 4) is 0 Å². The normalized spacial score (nSPS) is 13.8. The van der Waals surface area contributed by atoms with Gasteiger partial charge in [-0.15, -0.1) is 34.8 Å². The molecular weight excluding hydrogens is 186 g/mol. The Bertz CT molecular complexity index is 104. The Balaban J connectivity index is 3.50. The zero-order valence-corrected chi connectivity index (χ0v) is 6.62. The first-order valence-corrected chi connectivity index (χ1v) is 3.50. The SMILES string of the molecule is O=C(O)[C@@H](Cl)CC(Cl)Cl. The van der Waals surface area contributed by atoms with Crippen molar-refractivity contribution in [1.82, 2.24) is 0 Å². The van der Waals surface area contributed by atoms with Gasteiger partial charge in [-0.25, -0.2) is 0 Å². The highest BCUT2D eigenvalue weighted by atomic mass is 35.5. The van der Waals surface area contributed by atoms with Crippen molar-refractivity contribution < 1.29 is 9.90 Å². The molecule has 0 saturated carbocycles. The summed E-state index contributed by atoms with van der Waals surface area (Å²) >= 11 is 15.7. The van der Waals surface area contributed by atoms with Gasteiger partial charge in [-0.1, -0.05) is 0 Å². The second kappa shape index (κ2) is 4.20. The third kappa shape index (κ3) is 4.82. The van der Waals surface area contributed by atoms with Gasteiger partial charge in [0.25, 0.3) is 0 Å². The second-order valence-electron chi connectivity index (χ2n) is 1.43. The Labute approximate surface area is 67.7 Å². The van der Waals surface area contributed by atoms with E-state index in [-0.39, 0.29) is 6.42 Å². The third-order valence-corrected chi connectivity index (χ3v) is 1.37. The maximum Gasteiger partial charge on any atom is 0.321 e. The van der Waals surface area contributed by atoms with Crippen LogP contribution in [0.2, 0.25) is 0 Å². The molecule has 2 nitrogen and oxygen atoms in total. The maximum atomic E-state index is 9.99. The van der Waals surface area contributed by atoms with Crippen LogP contribution in [-0.2, 0) is 4.79 Å². The van der Waals surface area contributed by atoms with E-state index in [1.165, 1.54) is 0 Å². The van der Waals surface area contributed by atoms with Crippen LogP contribution in [0.3, 0.4) is 0 Å². The average molecular weight is 191 g/mol. The molecule has 0 aliphatic heterocycles. The van der Waals surface area contributed by atoms with Gasteiger partial charge in [-0.2, -0.15) is 0 Å². The molecular formula is C4H5Cl3O2. The fourth-order valence-electron chi connectivity index (χ4n) is 0.257. The molecule has 0 heterocycles. The van der Waals surface area contributed by atoms with Gasteiger partial charge in [0.15, 0.2) is 0 Å². The molecule has 0 bridgehead atoms. The van der Waals surface area contributed by atoms with Crippen molar-refractivity contribution in [3.63, 3.8) is 0 Å². The van der Waals surface area contributed by atoms with Crippen molar-refractivity contribution in [1.29, 1.82) is 0 Å². The van der Waals surface area contributed by atoms with Gasteiger partial charge in [-0.05, 0) is 0 Å². The molecule has 0 rings (SSSR count). The van der Waals surface area contributed by atoms with Crippen molar-refractivity contribution in [2.75, 3.05) is 0 Å². The molecule has 9 heavy (non-hydrogen) atoms. The molecule has 54 valence electrons. The second-order valence-corrected chi connectivity index (χ2v) is 3.24. The molecule has 0 aromatic rings. The molecule has 0 radical (unpaired) electrons. The minimum Gasteiger partial charge on any atom is -0.480 e. The van der Waals surface area contributed by atoms with Crippen LogP contribution in [-0.4, -0.2) is 21.3 Å². The highest BCUT2D eigenvalue weighted by molar-refractivity contribution is 6.45. The lowest BCUT2D eigenvalue weighted by atomic mass is 10.3. The van der Waals surface area contributed by atoms with E-state index in [1.807, 2.05) is 0 Å². The van der Waals surface area contributed by atoms with E-state index in [0.717, 1.165) is 0 Å². The summed E-state index contributed by atoms with van der Waals surface area (Å²) in [5.41, 5.74) is 0. The van der Waals surface area contributed by atoms with Crippen LogP contribution in [0.15, 0.2) is 0 Å². The van der Waals surface area contributed by atoms with Crippen molar-refractivity contribution in [3.05, 3.63) is 0 Å². The number of aliphatic carboxylic acids is 1. The van der Waals surface area contributed by atoms with Gasteiger partial charge in [-0.3, -0.25) is 4.79 Å². The number of hydrogen-bond donors (Lipinski definition) is 1. The fraction of sp³-hybridized carbons (Fsp3) is 0.750. The van der Waals surface area contributed by atoms with E-state index in [0.29, 0.717) is 0 Å². The molecule has 1 atom stereocenters. The molecule has 0 amide bonds. The smallest absolute Gasteiger partial charge is 0.321 e. The highest BCUT2D eigenvalue weighted by Crippen LogP contribution is 2.13. The first-order chi connectivity index (χ1) is 4.04. The van der Waals surface area contributed by atoms with Crippen LogP contribution >= 0.6 is 34.8 Å². The first-order valence-electron chi connectivity index (χ1n) is 2.19. The van der Waals surface area contributed by atoms with E-state index in [2.05, 4.69) is 0 Å². The summed E-state index contributed by atoms with van der Waals surface area (Å²) in [6.07, 6.45) is 0.0694. The quantitative estimate of drug-likeness (QED) is 0.692. The summed E-state index contributed by atoms with van der Waals surface area (Å²) in [5, 5.41) is 7.20. The zero-order chi connectivity index (χ0) is 7.44. The molecule has 1 N–H and O–H groups in total. The molecule has 5 heteroatoms. The Hall–Kier alpha value is 0.340. The van der Waals surface area contributed by atoms with Crippen LogP contribution in [0.1, 0.15) is 6.42 Å². The predicted octanol–water partition coefficient (Wildman–Crippen LogP) is 1.87. The lowest BCUT2D eigenvalue weighted by Gasteiger charge is -2.02. The van der Waals surface area contributed by atoms with Crippen LogP contribution in [0, 0.1) is 0 Å². The topological polar surface area (TPSA) is 37.3 Å². The average Bonchev–Trinajstić information content (AvgIpc) is 1.63. The number of carboxylic acids is 1. The van der Waals surface area contributed by atoms with Gasteiger partial charge >= 0.3 is 5.97 Å². The monoisotopic (exact) mass is 190 g/mol. The number of rotatable bonds is 3. The number of carboxylic acid groups (broad SMARTS) is 1. The standard InChI is InChI=1S/C4H5Cl3O2/c5-2(4(8)9)1-3(6)7/h2-3H,1H2,(H,8,9)/t2-/m0/s1. The Morgan fingerprint density at radius 1 is 1.44 bits per heavy atom. The van der Waals surface area contributed by atoms with Gasteiger partial charge in [0.1, 0.15) is 10.2 Å². The van der Waals surface area contributed by atoms with Gasteiger partial charge in [0.2, 0.25) is 0 Å². The van der Waals surface area contributed by atoms with Crippen molar-refractivity contribution in [2.45, 2.75) is 16.6 Å². The van der Waals surface area contributed by atoms with Gasteiger partial charge < -0.3 is 5.11 Å². The molecule has 0 unspecified atom stereocenters. The van der Waals surface area contributed by atoms with Crippen molar-refractivity contribution in [2.24, 2.45) is 0 Å². The number of halogens is 3. The predicted molar refractivity (Wildman–Crippen MR) is 37.4 cm³/mol. The summed E-state index contributed by atoms with van der Waals surface area (Å²) in [5.74, 6) is -1.09. The molecule has 0 aromatic carbocycles. The van der Waals surface area contributed by atoms with E-state index >= 15 is 0 Å². The molecule has 0 saturated heterocycles. The number of alkyl halides is 3. The minimum atomic E-state index is -1.09. The zero-order valence-electron chi connectivity index (χ0n) is 4.35. The van der Waals surface area contributed by atoms with Crippen molar-refractivity contribution >= 4 is 40.8 Å². The van der Waals surface area contributed by atoms with Gasteiger partial charge in [0, 0.05) is 6.42 Å². The fourth-order valence-corrected chi connectivity index (χ4v) is 0.974. The molecule has 0 spiro atoms. The largest absolute Gasteiger partial charge is 0.480 e.